The van der Waals surface area contributed by atoms with Crippen molar-refractivity contribution in [2.24, 2.45) is 28.1 Å². The summed E-state index contributed by atoms with van der Waals surface area (Å²) in [5, 5.41) is 158. The van der Waals surface area contributed by atoms with E-state index < -0.39 is 293 Å². The van der Waals surface area contributed by atoms with Crippen LogP contribution < -0.4 is 59.7 Å². The number of likely N-dealkylation sites (tertiary alicyclic amines) is 2. The number of hydrogen-bond acceptors (Lipinski definition) is 34. The average molecular weight is 1680 g/mol. The lowest BCUT2D eigenvalue weighted by molar-refractivity contribution is -0.380. The summed E-state index contributed by atoms with van der Waals surface area (Å²) in [6.07, 6.45) is -27.8. The number of aliphatic hydroxyl groups is 11. The molecule has 5 aliphatic heterocycles. The van der Waals surface area contributed by atoms with Crippen molar-refractivity contribution in [1.29, 1.82) is 0 Å². The number of hydrogen-bond donors (Lipinski definition) is 24. The summed E-state index contributed by atoms with van der Waals surface area (Å²) in [4.78, 5) is 184. The van der Waals surface area contributed by atoms with Gasteiger partial charge in [0.05, 0.1) is 81.9 Å². The van der Waals surface area contributed by atoms with Gasteiger partial charge in [0.15, 0.2) is 18.4 Å². The van der Waals surface area contributed by atoms with Crippen molar-refractivity contribution in [3.05, 3.63) is 11.8 Å². The second-order valence-electron chi connectivity index (χ2n) is 30.0. The number of ether oxygens (including phenoxy) is 6. The molecule has 5 saturated heterocycles. The predicted molar refractivity (Wildman–Crippen MR) is 399 cm³/mol. The Hall–Kier alpha value is -8.08. The van der Waals surface area contributed by atoms with E-state index in [2.05, 4.69) is 47.5 Å². The number of nitrogens with one attached hydrogen (secondary N) is 8. The number of unbranched alkanes of at least 4 members (excludes halogenated alkanes) is 1. The van der Waals surface area contributed by atoms with E-state index in [1.54, 1.807) is 13.8 Å². The summed E-state index contributed by atoms with van der Waals surface area (Å²) in [6, 6.07) is -19.4. The van der Waals surface area contributed by atoms with E-state index >= 15 is 0 Å². The van der Waals surface area contributed by atoms with Gasteiger partial charge in [-0.15, -0.1) is 0 Å². The molecule has 0 saturated carbocycles. The van der Waals surface area contributed by atoms with Gasteiger partial charge in [0.25, 0.3) is 5.79 Å². The lowest BCUT2D eigenvalue weighted by atomic mass is 9.88. The Labute approximate surface area is 673 Å². The topological polar surface area (TPSA) is 733 Å². The number of nitrogens with two attached hydrogens (primary N) is 3. The van der Waals surface area contributed by atoms with E-state index in [9.17, 15) is 129 Å². The summed E-state index contributed by atoms with van der Waals surface area (Å²) in [7, 11) is 0. The molecule has 0 aromatic heterocycles. The molecule has 5 heterocycles. The number of rotatable bonds is 43. The van der Waals surface area contributed by atoms with E-state index in [0.717, 1.165) is 25.7 Å². The van der Waals surface area contributed by atoms with Gasteiger partial charge < -0.3 is 164 Å². The van der Waals surface area contributed by atoms with Crippen molar-refractivity contribution in [1.82, 2.24) is 52.3 Å². The SMILES string of the molecule is CC=N/C=C(\C)C[C@H](N)C(=O)NCC(=O)N[C@H](C(=O)N[C@H](C(=O)N[C@@H](CO)C(=O)N[C@@H](C)C(=O)N1CCC[C@H]1C(=O)N[C@@H](CC(=O)O)C(=O)N[C@H](C(=O)N[C@@H](CCCC)C(=O)N1CCC[C@H]1C(C)=O)C(C)O)C(C)O[C@H]1OC(CO)[C@H](O)[C@H](O[C@@H]2OC(CO)[C@H](O)C(O[C@]3(C(=O)O)C[C@@H](O)[C@@H](N)C([C@H](O)[C@H](O)CO)O3)[C@@H]2O)C1N)C(C)C. The van der Waals surface area contributed by atoms with Crippen molar-refractivity contribution in [2.45, 2.75) is 297 Å². The Morgan fingerprint density at radius 3 is 1.76 bits per heavy atom. The first-order valence-electron chi connectivity index (χ1n) is 38.5. The van der Waals surface area contributed by atoms with Gasteiger partial charge in [-0.3, -0.25) is 62.5 Å². The largest absolute Gasteiger partial charge is 0.481 e. The molecule has 7 unspecified atom stereocenters. The third-order valence-electron chi connectivity index (χ3n) is 20.5. The smallest absolute Gasteiger partial charge is 0.364 e. The summed E-state index contributed by atoms with van der Waals surface area (Å²) in [6.45, 7) is 7.47. The number of carboxylic acid groups (broad SMARTS) is 2. The number of aliphatic carboxylic acids is 2. The maximum atomic E-state index is 14.9. The lowest BCUT2D eigenvalue weighted by Gasteiger charge is -2.50. The standard InChI is InChI=1S/C71H118N14O32/c1-10-12-15-36(67(109)84-18-13-16-39(84)32(7)90)78-64(106)50(33(8)91)82-60(102)37(21-46(95)96)79-62(104)40-17-14-19-85(40)66(108)31(6)77-61(103)38(25-86)80-65(107)51(83-63(105)49(29(3)4)81-45(94)24-76-59(101)35(72)20-30(5)23-75-11-2)34(9)112-68-48(74)56(53(98)43(27-88)113-68)115-69-55(100)58(54(99)44(28-89)114-69)117-71(70(110)111)22-41(92)47(73)57(116-71)52(97)42(93)26-87/h11,23,29,31,33-44,47-58,68-69,86-89,91-93,97-100H,10,12-22,24-28,72-74H2,1-9H3,(H,76,101)(H,77,103)(H,78,106)(H,79,104)(H,80,107)(H,81,94)(H,82,102)(H,83,105)(H,95,96)(H,110,111)/b30-23+,75-11?/t31-,33?,34?,35-,36-,37-,38-,39-,40-,41+,42+,43?,44?,47+,48?,49-,50-,51-,52+,53-,54-,55-,56+,57?,58?,68-,69-,71-/m0/s1. The zero-order valence-corrected chi connectivity index (χ0v) is 66.5. The zero-order chi connectivity index (χ0) is 87.9. The first-order chi connectivity index (χ1) is 55.0. The minimum Gasteiger partial charge on any atom is -0.481 e. The highest BCUT2D eigenvalue weighted by Crippen LogP contribution is 2.38. The van der Waals surface area contributed by atoms with Crippen LogP contribution in [0.3, 0.4) is 0 Å². The molecule has 27 N–H and O–H groups in total. The number of Topliss-reactive ketones (excluding diaryl/α,β-unsaturated/α-hetero) is 1. The number of carbonyl (C=O) groups excluding carboxylic acids is 11. The number of carboxylic acids is 2. The van der Waals surface area contributed by atoms with E-state index in [1.165, 1.54) is 38.1 Å². The zero-order valence-electron chi connectivity index (χ0n) is 66.5. The van der Waals surface area contributed by atoms with Gasteiger partial charge in [0.1, 0.15) is 109 Å². The second-order valence-corrected chi connectivity index (χ2v) is 30.0. The molecular formula is C71H118N14O32. The molecule has 0 aromatic carbocycles. The maximum absolute atomic E-state index is 14.9. The van der Waals surface area contributed by atoms with Crippen LogP contribution in [0.15, 0.2) is 16.8 Å². The van der Waals surface area contributed by atoms with Crippen LogP contribution in [0.4, 0.5) is 0 Å². The number of amides is 10. The summed E-state index contributed by atoms with van der Waals surface area (Å²) in [5.74, 6) is -18.5. The number of aliphatic hydroxyl groups excluding tert-OH is 11. The fourth-order valence-electron chi connectivity index (χ4n) is 13.9. The highest BCUT2D eigenvalue weighted by molar-refractivity contribution is 6.00. The van der Waals surface area contributed by atoms with Crippen molar-refractivity contribution in [2.75, 3.05) is 46.1 Å². The highest BCUT2D eigenvalue weighted by atomic mass is 16.8. The van der Waals surface area contributed by atoms with Crippen molar-refractivity contribution in [3.8, 4) is 0 Å². The van der Waals surface area contributed by atoms with E-state index in [1.807, 2.05) is 6.92 Å². The molecule has 0 spiro atoms. The van der Waals surface area contributed by atoms with Gasteiger partial charge >= 0.3 is 11.9 Å². The Morgan fingerprint density at radius 2 is 1.21 bits per heavy atom. The molecule has 46 nitrogen and oxygen atoms in total. The van der Waals surface area contributed by atoms with Gasteiger partial charge in [-0.25, -0.2) is 4.79 Å². The molecule has 5 fully saturated rings. The van der Waals surface area contributed by atoms with Crippen LogP contribution in [0.5, 0.6) is 0 Å². The quantitative estimate of drug-likeness (QED) is 0.0252. The van der Waals surface area contributed by atoms with Crippen LogP contribution >= 0.6 is 0 Å². The third kappa shape index (κ3) is 26.5. The van der Waals surface area contributed by atoms with Gasteiger partial charge in [-0.05, 0) is 86.0 Å². The molecule has 0 bridgehead atoms. The summed E-state index contributed by atoms with van der Waals surface area (Å²) >= 11 is 0. The van der Waals surface area contributed by atoms with Crippen LogP contribution in [0.1, 0.15) is 127 Å². The van der Waals surface area contributed by atoms with Gasteiger partial charge in [-0.1, -0.05) is 39.2 Å². The molecule has 46 heteroatoms. The monoisotopic (exact) mass is 1680 g/mol. The van der Waals surface area contributed by atoms with Crippen molar-refractivity contribution < 1.29 is 157 Å². The first-order valence-corrected chi connectivity index (χ1v) is 38.5. The summed E-state index contributed by atoms with van der Waals surface area (Å²) < 4.78 is 34.9. The van der Waals surface area contributed by atoms with Gasteiger partial charge in [0.2, 0.25) is 59.1 Å². The number of carbonyl (C=O) groups is 13. The molecule has 28 atom stereocenters. The van der Waals surface area contributed by atoms with Crippen LogP contribution in [0.2, 0.25) is 0 Å². The fraction of sp³-hybridized carbons (Fsp3) is 0.775. The normalized spacial score (nSPS) is 29.4. The van der Waals surface area contributed by atoms with Crippen LogP contribution in [-0.2, 0) is 90.8 Å². The Bertz CT molecular complexity index is 3470. The molecule has 0 aromatic rings. The van der Waals surface area contributed by atoms with Crippen LogP contribution in [-0.4, -0.2) is 375 Å². The Balaban J connectivity index is 1.40. The van der Waals surface area contributed by atoms with Crippen molar-refractivity contribution in [3.63, 3.8) is 0 Å². The predicted octanol–water partition coefficient (Wildman–Crippen LogP) is -11.5. The molecule has 664 valence electrons. The fourth-order valence-corrected chi connectivity index (χ4v) is 13.9. The molecule has 0 radical (unpaired) electrons. The summed E-state index contributed by atoms with van der Waals surface area (Å²) in [5.41, 5.74) is 19.3. The molecular weight excluding hydrogens is 1560 g/mol. The van der Waals surface area contributed by atoms with Crippen molar-refractivity contribution >= 4 is 83.0 Å². The van der Waals surface area contributed by atoms with Gasteiger partial charge in [-0.2, -0.15) is 0 Å². The Kier molecular flexibility index (Phi) is 39.0. The number of nitrogens with zero attached hydrogens (tertiary/aromatic N) is 3. The minimum atomic E-state index is -3.17. The van der Waals surface area contributed by atoms with E-state index in [4.69, 9.17) is 45.6 Å². The molecule has 5 aliphatic rings. The highest BCUT2D eigenvalue weighted by Gasteiger charge is 2.60. The lowest BCUT2D eigenvalue weighted by Crippen LogP contribution is -2.70. The van der Waals surface area contributed by atoms with Gasteiger partial charge in [0, 0.05) is 31.9 Å². The van der Waals surface area contributed by atoms with Crippen LogP contribution in [0.25, 0.3) is 0 Å². The van der Waals surface area contributed by atoms with E-state index in [0.29, 0.717) is 31.3 Å². The molecule has 117 heavy (non-hydrogen) atoms. The number of aliphatic imine (C=N–C) groups is 1. The average Bonchev–Trinajstić information content (AvgIpc) is 1.31. The minimum absolute atomic E-state index is 0.0344. The van der Waals surface area contributed by atoms with E-state index in [-0.39, 0.29) is 44.6 Å². The van der Waals surface area contributed by atoms with Crippen LogP contribution in [0, 0.1) is 5.92 Å². The third-order valence-corrected chi connectivity index (χ3v) is 20.5. The molecule has 5 rings (SSSR count). The molecule has 0 aliphatic carbocycles. The molecule has 10 amide bonds. The first kappa shape index (κ1) is 99.5. The maximum Gasteiger partial charge on any atom is 0.364 e. The second kappa shape index (κ2) is 45.9. The Morgan fingerprint density at radius 1 is 0.641 bits per heavy atom. The number of ketones is 1.